The van der Waals surface area contributed by atoms with Crippen molar-refractivity contribution in [1.82, 2.24) is 0 Å². The van der Waals surface area contributed by atoms with E-state index in [1.807, 2.05) is 45.9 Å². The molecule has 0 atom stereocenters. The van der Waals surface area contributed by atoms with Gasteiger partial charge in [0.1, 0.15) is 0 Å². The normalized spacial score (nSPS) is 11.6. The molecule has 0 spiro atoms. The fourth-order valence-corrected chi connectivity index (χ4v) is 7.99. The van der Waals surface area contributed by atoms with E-state index < -0.39 is 0 Å². The summed E-state index contributed by atoms with van der Waals surface area (Å²) in [6.45, 7) is 14.5. The average molecular weight is 770 g/mol. The summed E-state index contributed by atoms with van der Waals surface area (Å²) in [5.41, 5.74) is 17.2. The first-order valence-electron chi connectivity index (χ1n) is 21.5. The second-order valence-corrected chi connectivity index (χ2v) is 14.6. The van der Waals surface area contributed by atoms with Gasteiger partial charge in [-0.15, -0.1) is 0 Å². The molecular weight excluding hydrogens is 711 g/mol. The first-order chi connectivity index (χ1) is 29.0. The zero-order valence-electron chi connectivity index (χ0n) is 36.0. The number of hydrogen-bond donors (Lipinski definition) is 1. The van der Waals surface area contributed by atoms with Gasteiger partial charge in [-0.2, -0.15) is 0 Å². The maximum absolute atomic E-state index is 3.54. The van der Waals surface area contributed by atoms with E-state index in [0.717, 1.165) is 30.6 Å². The summed E-state index contributed by atoms with van der Waals surface area (Å²) >= 11 is 0. The molecule has 2 aliphatic rings. The highest BCUT2D eigenvalue weighted by Crippen LogP contribution is 2.39. The van der Waals surface area contributed by atoms with E-state index in [2.05, 4.69) is 196 Å². The molecule has 1 nitrogen and oxygen atoms in total. The minimum atomic E-state index is 1.05. The largest absolute Gasteiger partial charge is 0.356 e. The van der Waals surface area contributed by atoms with Crippen molar-refractivity contribution in [2.24, 2.45) is 0 Å². The Hall–Kier alpha value is -6.44. The fraction of sp³-hybridized carbons (Fsp3) is 0.172. The summed E-state index contributed by atoms with van der Waals surface area (Å²) < 4.78 is 0. The lowest BCUT2D eigenvalue weighted by Gasteiger charge is -2.16. The first-order valence-corrected chi connectivity index (χ1v) is 21.5. The van der Waals surface area contributed by atoms with E-state index in [1.165, 1.54) is 82.7 Å². The number of anilines is 2. The Morgan fingerprint density at radius 3 is 1.86 bits per heavy atom. The van der Waals surface area contributed by atoms with Crippen molar-refractivity contribution in [2.75, 3.05) is 5.32 Å². The van der Waals surface area contributed by atoms with Crippen molar-refractivity contribution in [3.63, 3.8) is 0 Å². The van der Waals surface area contributed by atoms with Gasteiger partial charge in [0, 0.05) is 11.4 Å². The van der Waals surface area contributed by atoms with Crippen LogP contribution in [0.4, 0.5) is 11.4 Å². The number of benzene rings is 8. The lowest BCUT2D eigenvalue weighted by Crippen LogP contribution is -1.96. The summed E-state index contributed by atoms with van der Waals surface area (Å²) in [5.74, 6) is 0. The molecule has 0 bridgehead atoms. The Morgan fingerprint density at radius 1 is 0.475 bits per heavy atom. The van der Waals surface area contributed by atoms with Crippen molar-refractivity contribution in [3.05, 3.63) is 215 Å². The molecule has 0 aromatic heterocycles. The first kappa shape index (κ1) is 42.2. The van der Waals surface area contributed by atoms with Gasteiger partial charge in [0.15, 0.2) is 0 Å². The lowest BCUT2D eigenvalue weighted by atomic mass is 9.88. The maximum atomic E-state index is 3.54. The van der Waals surface area contributed by atoms with Crippen LogP contribution < -0.4 is 5.32 Å². The molecule has 8 aromatic rings. The number of allylic oxidation sites excluding steroid dienone is 2. The van der Waals surface area contributed by atoms with Crippen LogP contribution in [0.2, 0.25) is 0 Å². The molecule has 0 unspecified atom stereocenters. The van der Waals surface area contributed by atoms with E-state index >= 15 is 0 Å². The molecule has 2 aliphatic carbocycles. The highest BCUT2D eigenvalue weighted by Gasteiger charge is 2.16. The lowest BCUT2D eigenvalue weighted by molar-refractivity contribution is 0.986. The van der Waals surface area contributed by atoms with Crippen molar-refractivity contribution in [2.45, 2.75) is 67.7 Å². The van der Waals surface area contributed by atoms with Gasteiger partial charge < -0.3 is 5.32 Å². The number of hydrogen-bond acceptors (Lipinski definition) is 1. The van der Waals surface area contributed by atoms with Crippen molar-refractivity contribution >= 4 is 45.1 Å². The van der Waals surface area contributed by atoms with Crippen LogP contribution in [-0.2, 0) is 12.8 Å². The summed E-state index contributed by atoms with van der Waals surface area (Å²) in [7, 11) is 0. The molecule has 0 saturated heterocycles. The third kappa shape index (κ3) is 10.2. The van der Waals surface area contributed by atoms with Crippen LogP contribution >= 0.6 is 0 Å². The molecular formula is C58H59N. The van der Waals surface area contributed by atoms with Gasteiger partial charge in [-0.05, 0) is 141 Å². The second kappa shape index (κ2) is 20.8. The molecule has 1 heteroatoms. The van der Waals surface area contributed by atoms with Gasteiger partial charge in [-0.1, -0.05) is 197 Å². The minimum absolute atomic E-state index is 1.05. The van der Waals surface area contributed by atoms with Crippen LogP contribution in [-0.4, -0.2) is 0 Å². The predicted octanol–water partition coefficient (Wildman–Crippen LogP) is 17.0. The van der Waals surface area contributed by atoms with E-state index in [0.29, 0.717) is 0 Å². The molecule has 0 amide bonds. The molecule has 0 heterocycles. The van der Waals surface area contributed by atoms with Crippen LogP contribution in [0.25, 0.3) is 56.0 Å². The van der Waals surface area contributed by atoms with Crippen LogP contribution in [0.5, 0.6) is 0 Å². The second-order valence-electron chi connectivity index (χ2n) is 14.6. The predicted molar refractivity (Wildman–Crippen MR) is 262 cm³/mol. The van der Waals surface area contributed by atoms with E-state index in [9.17, 15) is 0 Å². The number of fused-ring (bicyclic) bond motifs is 4. The number of rotatable bonds is 4. The SMILES string of the molecule is C1=Cc2cc(Nc3ccc(-c4cccc5ccccc45)cc3)ccc2CC1.CC.CC.Cc1ccc2c(c1-c1cccc3cccc(C)c13)CC=C2.Cc1ccccc1. The zero-order valence-corrected chi connectivity index (χ0v) is 36.0. The van der Waals surface area contributed by atoms with Crippen molar-refractivity contribution in [3.8, 4) is 22.3 Å². The fourth-order valence-electron chi connectivity index (χ4n) is 7.99. The monoisotopic (exact) mass is 769 g/mol. The number of aryl methyl sites for hydroxylation is 4. The van der Waals surface area contributed by atoms with Gasteiger partial charge in [0.25, 0.3) is 0 Å². The smallest absolute Gasteiger partial charge is 0.0390 e. The molecule has 8 aromatic carbocycles. The Balaban J connectivity index is 0.000000162. The van der Waals surface area contributed by atoms with Gasteiger partial charge in [0.05, 0.1) is 0 Å². The molecule has 0 radical (unpaired) electrons. The Kier molecular flexibility index (Phi) is 14.9. The van der Waals surface area contributed by atoms with E-state index in [1.54, 1.807) is 0 Å². The molecule has 0 fully saturated rings. The minimum Gasteiger partial charge on any atom is -0.356 e. The van der Waals surface area contributed by atoms with Gasteiger partial charge in [0.2, 0.25) is 0 Å². The third-order valence-electron chi connectivity index (χ3n) is 10.8. The zero-order chi connectivity index (χ0) is 41.6. The molecule has 1 N–H and O–H groups in total. The molecule has 0 saturated carbocycles. The Labute approximate surface area is 353 Å². The average Bonchev–Trinajstić information content (AvgIpc) is 3.78. The number of nitrogens with one attached hydrogen (secondary N) is 1. The van der Waals surface area contributed by atoms with Gasteiger partial charge in [-0.25, -0.2) is 0 Å². The molecule has 10 rings (SSSR count). The van der Waals surface area contributed by atoms with Crippen LogP contribution in [0.1, 0.15) is 73.1 Å². The van der Waals surface area contributed by atoms with E-state index in [-0.39, 0.29) is 0 Å². The molecule has 0 aliphatic heterocycles. The summed E-state index contributed by atoms with van der Waals surface area (Å²) in [6.07, 6.45) is 12.3. The van der Waals surface area contributed by atoms with Gasteiger partial charge >= 0.3 is 0 Å². The van der Waals surface area contributed by atoms with Crippen LogP contribution in [0, 0.1) is 20.8 Å². The van der Waals surface area contributed by atoms with E-state index in [4.69, 9.17) is 0 Å². The molecule has 296 valence electrons. The van der Waals surface area contributed by atoms with Crippen molar-refractivity contribution in [1.29, 1.82) is 0 Å². The highest BCUT2D eigenvalue weighted by atomic mass is 14.9. The topological polar surface area (TPSA) is 12.0 Å². The quantitative estimate of drug-likeness (QED) is 0.188. The Bertz CT molecular complexity index is 2650. The van der Waals surface area contributed by atoms with Crippen LogP contribution in [0.15, 0.2) is 176 Å². The standard InChI is InChI=1S/C26H21N.C21H18.C7H8.2C2H6/c1-2-8-22-18-24(17-12-19(22)6-1)27-23-15-13-21(14-16-23)26-11-5-9-20-7-3-4-10-25(20)26;1-14-6-3-8-17-9-5-11-19(20(14)17)21-15(2)12-13-16-7-4-10-18(16)21;1-7-5-3-2-4-6-7;2*1-2/h2-5,7-18,27H,1,6H2;3-9,11-13H,10H2,1-2H3;2-6H,1H3;2*1-2H3. The Morgan fingerprint density at radius 2 is 1.12 bits per heavy atom. The van der Waals surface area contributed by atoms with Gasteiger partial charge in [-0.3, -0.25) is 0 Å². The summed E-state index contributed by atoms with van der Waals surface area (Å²) in [4.78, 5) is 0. The molecule has 59 heavy (non-hydrogen) atoms. The van der Waals surface area contributed by atoms with Crippen LogP contribution in [0.3, 0.4) is 0 Å². The summed E-state index contributed by atoms with van der Waals surface area (Å²) in [6, 6.07) is 58.4. The third-order valence-corrected chi connectivity index (χ3v) is 10.8. The summed E-state index contributed by atoms with van der Waals surface area (Å²) in [5, 5.41) is 8.83. The van der Waals surface area contributed by atoms with Crippen molar-refractivity contribution < 1.29 is 0 Å². The maximum Gasteiger partial charge on any atom is 0.0390 e. The highest BCUT2D eigenvalue weighted by molar-refractivity contribution is 6.01.